The van der Waals surface area contributed by atoms with Gasteiger partial charge >= 0.3 is 5.97 Å². The summed E-state index contributed by atoms with van der Waals surface area (Å²) in [6, 6.07) is -11.0. The van der Waals surface area contributed by atoms with E-state index in [4.69, 9.17) is 16.6 Å². The van der Waals surface area contributed by atoms with Gasteiger partial charge in [-0.1, -0.05) is 27.7 Å². The van der Waals surface area contributed by atoms with Crippen molar-refractivity contribution in [2.24, 2.45) is 23.3 Å². The number of carbonyl (C=O) groups excluding carboxylic acids is 8. The molecule has 0 aromatic rings. The van der Waals surface area contributed by atoms with Crippen molar-refractivity contribution in [3.8, 4) is 0 Å². The molecule has 0 rings (SSSR count). The first-order valence-electron chi connectivity index (χ1n) is 17.3. The molecule has 0 saturated carbocycles. The number of primary amides is 1. The van der Waals surface area contributed by atoms with Crippen LogP contribution in [0.5, 0.6) is 0 Å². The Balaban J connectivity index is 5.89. The van der Waals surface area contributed by atoms with Gasteiger partial charge in [-0.15, -0.1) is 0 Å². The highest BCUT2D eigenvalue weighted by Crippen LogP contribution is 2.09. The molecule has 0 saturated heterocycles. The van der Waals surface area contributed by atoms with E-state index in [1.807, 2.05) is 0 Å². The first-order chi connectivity index (χ1) is 25.3. The van der Waals surface area contributed by atoms with Crippen molar-refractivity contribution in [2.45, 2.75) is 122 Å². The van der Waals surface area contributed by atoms with Gasteiger partial charge in [0.1, 0.15) is 42.3 Å². The molecule has 0 heterocycles. The number of carboxylic acids is 1. The Morgan fingerprint density at radius 2 is 0.982 bits per heavy atom. The van der Waals surface area contributed by atoms with E-state index in [9.17, 15) is 63.6 Å². The average molecular weight is 792 g/mol. The van der Waals surface area contributed by atoms with Crippen LogP contribution in [-0.4, -0.2) is 153 Å². The van der Waals surface area contributed by atoms with Gasteiger partial charge in [-0.2, -0.15) is 0 Å². The van der Waals surface area contributed by atoms with Gasteiger partial charge in [0.2, 0.25) is 47.3 Å². The Kier molecular flexibility index (Phi) is 21.6. The number of carboxylic acid groups (broad SMARTS) is 1. The van der Waals surface area contributed by atoms with Gasteiger partial charge in [-0.05, 0) is 39.0 Å². The number of aliphatic carboxylic acids is 1. The van der Waals surface area contributed by atoms with Crippen LogP contribution in [0.2, 0.25) is 0 Å². The molecular weight excluding hydrogens is 734 g/mol. The summed E-state index contributed by atoms with van der Waals surface area (Å²) in [4.78, 5) is 114. The Morgan fingerprint density at radius 3 is 1.38 bits per heavy atom. The first kappa shape index (κ1) is 50.0. The molecule has 0 aromatic heterocycles. The van der Waals surface area contributed by atoms with Crippen LogP contribution in [0.25, 0.3) is 0 Å². The minimum Gasteiger partial charge on any atom is -0.480 e. The van der Waals surface area contributed by atoms with Crippen molar-refractivity contribution in [1.29, 1.82) is 0 Å². The summed E-state index contributed by atoms with van der Waals surface area (Å²) in [6.45, 7) is 8.17. The fourth-order valence-electron chi connectivity index (χ4n) is 4.72. The Bertz CT molecular complexity index is 1380. The lowest BCUT2D eigenvalue weighted by Crippen LogP contribution is -2.62. The molecule has 8 amide bonds. The summed E-state index contributed by atoms with van der Waals surface area (Å²) in [5.74, 6) is -10.7. The first-order valence-corrected chi connectivity index (χ1v) is 17.3. The van der Waals surface area contributed by atoms with Crippen molar-refractivity contribution >= 4 is 53.2 Å². The van der Waals surface area contributed by atoms with Gasteiger partial charge in [0.25, 0.3) is 0 Å². The maximum Gasteiger partial charge on any atom is 0.326 e. The normalized spacial score (nSPS) is 16.7. The second kappa shape index (κ2) is 23.7. The summed E-state index contributed by atoms with van der Waals surface area (Å²) in [5, 5.41) is 64.3. The number of hydrogen-bond donors (Lipinski definition) is 14. The minimum atomic E-state index is -1.75. The molecule has 0 aromatic carbocycles. The third-order valence-electron chi connectivity index (χ3n) is 7.77. The summed E-state index contributed by atoms with van der Waals surface area (Å²) in [5.41, 5.74) is 10.7. The second-order valence-electron chi connectivity index (χ2n) is 13.7. The zero-order valence-corrected chi connectivity index (χ0v) is 31.8. The van der Waals surface area contributed by atoms with Crippen LogP contribution in [0.1, 0.15) is 61.3 Å². The second-order valence-corrected chi connectivity index (χ2v) is 13.7. The number of rotatable bonds is 24. The van der Waals surface area contributed by atoms with Crippen LogP contribution in [0.15, 0.2) is 0 Å². The lowest BCUT2D eigenvalue weighted by Gasteiger charge is -2.28. The monoisotopic (exact) mass is 791 g/mol. The predicted octanol–water partition coefficient (Wildman–Crippen LogP) is -6.86. The summed E-state index contributed by atoms with van der Waals surface area (Å²) < 4.78 is 0. The molecule has 0 aliphatic heterocycles. The van der Waals surface area contributed by atoms with Crippen molar-refractivity contribution in [3.05, 3.63) is 0 Å². The Hall–Kier alpha value is -4.97. The zero-order valence-electron chi connectivity index (χ0n) is 31.8. The van der Waals surface area contributed by atoms with Gasteiger partial charge in [0.05, 0.1) is 37.9 Å². The summed E-state index contributed by atoms with van der Waals surface area (Å²) in [7, 11) is 0. The molecule has 314 valence electrons. The van der Waals surface area contributed by atoms with Crippen LogP contribution < -0.4 is 48.7 Å². The standard InChI is InChI=1S/C32H57N9O14/c1-12(2)8-18(28(50)40-25(16(7)45)30(52)38-22(13(3)4)32(54)55)37-27(49)19(9-20(34)46)36-21(47)10-35-29(51)23(14(5)43)41-31(53)24(15(6)44)39-26(48)17(33)11-42/h12-19,22-25,42-45H,8-11,33H2,1-7H3,(H2,34,46)(H,35,51)(H,36,47)(H,37,49)(H,38,52)(H,39,48)(H,40,50)(H,41,53)(H,54,55)/t14-,15-,16-,17+,18+,19+,22+,23+,24+,25+/m1/s1. The van der Waals surface area contributed by atoms with E-state index < -0.39 is 139 Å². The molecule has 0 aliphatic rings. The van der Waals surface area contributed by atoms with Gasteiger partial charge in [0, 0.05) is 0 Å². The molecule has 16 N–H and O–H groups in total. The number of nitrogens with two attached hydrogens (primary N) is 2. The van der Waals surface area contributed by atoms with Gasteiger partial charge in [-0.25, -0.2) is 4.79 Å². The third kappa shape index (κ3) is 17.8. The molecule has 0 fully saturated rings. The number of carbonyl (C=O) groups is 9. The number of amides is 8. The van der Waals surface area contributed by atoms with Crippen LogP contribution in [0, 0.1) is 11.8 Å². The van der Waals surface area contributed by atoms with Crippen LogP contribution in [0.3, 0.4) is 0 Å². The molecule has 0 aliphatic carbocycles. The third-order valence-corrected chi connectivity index (χ3v) is 7.77. The maximum atomic E-state index is 13.3. The fraction of sp³-hybridized carbons (Fsp3) is 0.719. The fourth-order valence-corrected chi connectivity index (χ4v) is 4.72. The average Bonchev–Trinajstić information content (AvgIpc) is 3.06. The van der Waals surface area contributed by atoms with Gasteiger partial charge in [0.15, 0.2) is 0 Å². The van der Waals surface area contributed by atoms with Crippen LogP contribution >= 0.6 is 0 Å². The molecule has 23 nitrogen and oxygen atoms in total. The zero-order chi connectivity index (χ0) is 42.9. The van der Waals surface area contributed by atoms with E-state index in [0.717, 1.165) is 13.8 Å². The number of aliphatic hydroxyl groups excluding tert-OH is 4. The van der Waals surface area contributed by atoms with E-state index in [-0.39, 0.29) is 12.3 Å². The van der Waals surface area contributed by atoms with E-state index in [0.29, 0.717) is 0 Å². The lowest BCUT2D eigenvalue weighted by molar-refractivity contribution is -0.144. The van der Waals surface area contributed by atoms with E-state index in [2.05, 4.69) is 37.2 Å². The minimum absolute atomic E-state index is 0.0525. The predicted molar refractivity (Wildman–Crippen MR) is 190 cm³/mol. The Labute approximate surface area is 317 Å². The number of hydrogen-bond acceptors (Lipinski definition) is 14. The van der Waals surface area contributed by atoms with Crippen molar-refractivity contribution < 1.29 is 68.7 Å². The number of nitrogens with one attached hydrogen (secondary N) is 7. The summed E-state index contributed by atoms with van der Waals surface area (Å²) >= 11 is 0. The SMILES string of the molecule is CC(C)C[C@H](NC(=O)[C@H](CC(N)=O)NC(=O)CNC(=O)[C@@H](NC(=O)[C@@H](NC(=O)[C@@H](N)CO)[C@@H](C)O)[C@@H](C)O)C(=O)N[C@H](C(=O)N[C@H](C(=O)O)C(C)C)[C@@H](C)O. The highest BCUT2D eigenvalue weighted by Gasteiger charge is 2.36. The quantitative estimate of drug-likeness (QED) is 0.0432. The van der Waals surface area contributed by atoms with E-state index >= 15 is 0 Å². The molecule has 0 unspecified atom stereocenters. The Morgan fingerprint density at radius 1 is 0.564 bits per heavy atom. The molecule has 55 heavy (non-hydrogen) atoms. The van der Waals surface area contributed by atoms with Gasteiger partial charge in [-0.3, -0.25) is 38.4 Å². The van der Waals surface area contributed by atoms with Crippen molar-refractivity contribution in [2.75, 3.05) is 13.2 Å². The highest BCUT2D eigenvalue weighted by atomic mass is 16.4. The molecule has 23 heteroatoms. The molecule has 10 atom stereocenters. The lowest BCUT2D eigenvalue weighted by atomic mass is 10.0. The summed E-state index contributed by atoms with van der Waals surface area (Å²) in [6.07, 6.45) is -5.48. The van der Waals surface area contributed by atoms with Crippen molar-refractivity contribution in [1.82, 2.24) is 37.2 Å². The molecular formula is C32H57N9O14. The van der Waals surface area contributed by atoms with Crippen molar-refractivity contribution in [3.63, 3.8) is 0 Å². The van der Waals surface area contributed by atoms with Crippen LogP contribution in [0.4, 0.5) is 0 Å². The topological polar surface area (TPSA) is 391 Å². The highest BCUT2D eigenvalue weighted by molar-refractivity contribution is 5.98. The molecule has 0 radical (unpaired) electrons. The van der Waals surface area contributed by atoms with Gasteiger partial charge < -0.3 is 74.2 Å². The molecule has 0 bridgehead atoms. The maximum absolute atomic E-state index is 13.3. The van der Waals surface area contributed by atoms with E-state index in [1.54, 1.807) is 13.8 Å². The van der Waals surface area contributed by atoms with Crippen LogP contribution in [-0.2, 0) is 43.2 Å². The smallest absolute Gasteiger partial charge is 0.326 e. The van der Waals surface area contributed by atoms with E-state index in [1.165, 1.54) is 20.8 Å². The number of aliphatic hydroxyl groups is 4. The molecule has 0 spiro atoms. The largest absolute Gasteiger partial charge is 0.480 e.